The fourth-order valence-corrected chi connectivity index (χ4v) is 0.301. The lowest BCUT2D eigenvalue weighted by atomic mass is 10.5. The summed E-state index contributed by atoms with van der Waals surface area (Å²) in [6.07, 6.45) is 0.167. The van der Waals surface area contributed by atoms with Crippen LogP contribution in [0.5, 0.6) is 0 Å². The van der Waals surface area contributed by atoms with Crippen LogP contribution in [0.1, 0.15) is 13.8 Å². The molecule has 0 aromatic carbocycles. The molecule has 9 heavy (non-hydrogen) atoms. The summed E-state index contributed by atoms with van der Waals surface area (Å²) >= 11 is 0. The monoisotopic (exact) mass is 131 g/mol. The summed E-state index contributed by atoms with van der Waals surface area (Å²) in [7, 11) is 1.46. The number of nitrogens with one attached hydrogen (secondary N) is 1. The molecule has 0 spiro atoms. The molecule has 0 amide bonds. The second-order valence-corrected chi connectivity index (χ2v) is 1.99. The summed E-state index contributed by atoms with van der Waals surface area (Å²) in [5.41, 5.74) is 0. The van der Waals surface area contributed by atoms with Crippen LogP contribution < -0.4 is 0 Å². The lowest BCUT2D eigenvalue weighted by Gasteiger charge is -2.06. The van der Waals surface area contributed by atoms with Gasteiger partial charge in [-0.05, 0) is 13.8 Å². The minimum Gasteiger partial charge on any atom is -0.483 e. The molecule has 0 aliphatic heterocycles. The van der Waals surface area contributed by atoms with Crippen LogP contribution in [0.15, 0.2) is 0 Å². The lowest BCUT2D eigenvalue weighted by Crippen LogP contribution is -2.13. The van der Waals surface area contributed by atoms with Crippen LogP contribution in [0.2, 0.25) is 0 Å². The van der Waals surface area contributed by atoms with Gasteiger partial charge in [0.2, 0.25) is 5.90 Å². The summed E-state index contributed by atoms with van der Waals surface area (Å²) < 4.78 is 9.60. The molecule has 0 bridgehead atoms. The Labute approximate surface area is 55.5 Å². The van der Waals surface area contributed by atoms with Crippen molar-refractivity contribution in [3.8, 4) is 0 Å². The molecule has 3 heteroatoms. The molecule has 3 nitrogen and oxygen atoms in total. The van der Waals surface area contributed by atoms with E-state index in [4.69, 9.17) is 10.1 Å². The quantitative estimate of drug-likeness (QED) is 0.459. The molecular weight excluding hydrogens is 118 g/mol. The van der Waals surface area contributed by atoms with Crippen LogP contribution >= 0.6 is 0 Å². The third-order valence-electron chi connectivity index (χ3n) is 0.794. The third kappa shape index (κ3) is 5.30. The van der Waals surface area contributed by atoms with Gasteiger partial charge >= 0.3 is 0 Å². The largest absolute Gasteiger partial charge is 0.483 e. The molecular formula is C6H13NO2. The fraction of sp³-hybridized carbons (Fsp3) is 0.833. The number of hydrogen-bond acceptors (Lipinski definition) is 3. The molecule has 0 saturated carbocycles. The summed E-state index contributed by atoms with van der Waals surface area (Å²) in [6.45, 7) is 4.11. The van der Waals surface area contributed by atoms with Crippen molar-refractivity contribution in [1.82, 2.24) is 0 Å². The minimum absolute atomic E-state index is 0.167. The Kier molecular flexibility index (Phi) is 4.05. The highest BCUT2D eigenvalue weighted by molar-refractivity contribution is 5.73. The second-order valence-electron chi connectivity index (χ2n) is 1.99. The molecule has 1 N–H and O–H groups in total. The molecule has 54 valence electrons. The Morgan fingerprint density at radius 2 is 2.11 bits per heavy atom. The van der Waals surface area contributed by atoms with Gasteiger partial charge in [0.25, 0.3) is 0 Å². The van der Waals surface area contributed by atoms with Crippen molar-refractivity contribution in [2.45, 2.75) is 20.0 Å². The number of hydrogen-bond donors (Lipinski definition) is 1. The van der Waals surface area contributed by atoms with Crippen LogP contribution in [-0.4, -0.2) is 25.7 Å². The molecule has 0 radical (unpaired) electrons. The van der Waals surface area contributed by atoms with E-state index in [1.54, 1.807) is 0 Å². The Balaban J connectivity index is 3.17. The van der Waals surface area contributed by atoms with E-state index >= 15 is 0 Å². The molecule has 0 atom stereocenters. The maximum Gasteiger partial charge on any atom is 0.206 e. The van der Waals surface area contributed by atoms with E-state index in [0.29, 0.717) is 0 Å². The van der Waals surface area contributed by atoms with Gasteiger partial charge < -0.3 is 9.47 Å². The predicted octanol–water partition coefficient (Wildman–Crippen LogP) is 1.04. The number of methoxy groups -OCH3 is 1. The summed E-state index contributed by atoms with van der Waals surface area (Å²) in [6, 6.07) is 0. The van der Waals surface area contributed by atoms with E-state index in [1.807, 2.05) is 13.8 Å². The Bertz CT molecular complexity index is 91.1. The van der Waals surface area contributed by atoms with Crippen LogP contribution in [0.4, 0.5) is 0 Å². The van der Waals surface area contributed by atoms with Gasteiger partial charge in [-0.1, -0.05) is 0 Å². The first-order valence-corrected chi connectivity index (χ1v) is 2.90. The van der Waals surface area contributed by atoms with Crippen molar-refractivity contribution in [3.63, 3.8) is 0 Å². The van der Waals surface area contributed by atoms with Gasteiger partial charge in [0.1, 0.15) is 6.61 Å². The summed E-state index contributed by atoms with van der Waals surface area (Å²) in [5, 5.41) is 6.98. The zero-order chi connectivity index (χ0) is 7.28. The summed E-state index contributed by atoms with van der Waals surface area (Å²) in [4.78, 5) is 0. The van der Waals surface area contributed by atoms with Crippen LogP contribution in [0.25, 0.3) is 0 Å². The molecule has 0 unspecified atom stereocenters. The van der Waals surface area contributed by atoms with E-state index in [2.05, 4.69) is 4.74 Å². The normalized spacial score (nSPS) is 9.78. The van der Waals surface area contributed by atoms with Gasteiger partial charge in [0, 0.05) is 0 Å². The molecule has 0 aromatic heterocycles. The van der Waals surface area contributed by atoms with Crippen molar-refractivity contribution >= 4 is 5.90 Å². The first-order valence-electron chi connectivity index (χ1n) is 2.90. The van der Waals surface area contributed by atoms with Crippen LogP contribution in [0.3, 0.4) is 0 Å². The fourth-order valence-electron chi connectivity index (χ4n) is 0.301. The number of rotatable bonds is 3. The van der Waals surface area contributed by atoms with Gasteiger partial charge in [-0.15, -0.1) is 0 Å². The maximum atomic E-state index is 6.98. The zero-order valence-corrected chi connectivity index (χ0v) is 6.10. The van der Waals surface area contributed by atoms with Gasteiger partial charge in [-0.25, -0.2) is 0 Å². The Morgan fingerprint density at radius 3 is 2.44 bits per heavy atom. The average molecular weight is 131 g/mol. The maximum absolute atomic E-state index is 6.98. The van der Waals surface area contributed by atoms with Crippen molar-refractivity contribution in [1.29, 1.82) is 5.41 Å². The molecule has 0 saturated heterocycles. The smallest absolute Gasteiger partial charge is 0.206 e. The topological polar surface area (TPSA) is 42.3 Å². The highest BCUT2D eigenvalue weighted by atomic mass is 16.5. The average Bonchev–Trinajstić information content (AvgIpc) is 1.83. The van der Waals surface area contributed by atoms with Gasteiger partial charge in [0.05, 0.1) is 13.2 Å². The van der Waals surface area contributed by atoms with Crippen LogP contribution in [0, 0.1) is 5.41 Å². The van der Waals surface area contributed by atoms with Gasteiger partial charge in [0.15, 0.2) is 0 Å². The Morgan fingerprint density at radius 1 is 1.56 bits per heavy atom. The highest BCUT2D eigenvalue weighted by Gasteiger charge is 1.96. The third-order valence-corrected chi connectivity index (χ3v) is 0.794. The zero-order valence-electron chi connectivity index (χ0n) is 6.10. The lowest BCUT2D eigenvalue weighted by molar-refractivity contribution is 0.0990. The molecule has 0 aliphatic rings. The molecule has 0 aromatic rings. The van der Waals surface area contributed by atoms with E-state index in [0.717, 1.165) is 0 Å². The van der Waals surface area contributed by atoms with Crippen molar-refractivity contribution in [2.75, 3.05) is 13.7 Å². The molecule has 0 aliphatic carbocycles. The first kappa shape index (κ1) is 8.43. The second kappa shape index (κ2) is 4.32. The molecule has 0 fully saturated rings. The van der Waals surface area contributed by atoms with E-state index in [-0.39, 0.29) is 18.6 Å². The SMILES string of the molecule is COC(=N)COC(C)C. The van der Waals surface area contributed by atoms with E-state index < -0.39 is 0 Å². The molecule has 0 heterocycles. The summed E-state index contributed by atoms with van der Waals surface area (Å²) in [5.74, 6) is 0.170. The minimum atomic E-state index is 0.167. The first-order chi connectivity index (χ1) is 4.16. The van der Waals surface area contributed by atoms with E-state index in [9.17, 15) is 0 Å². The molecule has 0 rings (SSSR count). The van der Waals surface area contributed by atoms with Crippen LogP contribution in [-0.2, 0) is 9.47 Å². The highest BCUT2D eigenvalue weighted by Crippen LogP contribution is 1.87. The van der Waals surface area contributed by atoms with Gasteiger partial charge in [-0.3, -0.25) is 5.41 Å². The van der Waals surface area contributed by atoms with E-state index in [1.165, 1.54) is 7.11 Å². The Hall–Kier alpha value is -0.570. The predicted molar refractivity (Wildman–Crippen MR) is 35.8 cm³/mol. The van der Waals surface area contributed by atoms with Crippen molar-refractivity contribution in [2.24, 2.45) is 0 Å². The van der Waals surface area contributed by atoms with Crippen molar-refractivity contribution < 1.29 is 9.47 Å². The van der Waals surface area contributed by atoms with Crippen molar-refractivity contribution in [3.05, 3.63) is 0 Å². The standard InChI is InChI=1S/C6H13NO2/c1-5(2)9-4-6(7)8-3/h5,7H,4H2,1-3H3. The van der Waals surface area contributed by atoms with Gasteiger partial charge in [-0.2, -0.15) is 0 Å². The number of ether oxygens (including phenoxy) is 2.